The molecule has 0 aliphatic carbocycles. The summed E-state index contributed by atoms with van der Waals surface area (Å²) in [5, 5.41) is 13.8. The van der Waals surface area contributed by atoms with Gasteiger partial charge in [0.1, 0.15) is 9.92 Å². The van der Waals surface area contributed by atoms with Crippen LogP contribution < -0.4 is 5.32 Å². The third-order valence-electron chi connectivity index (χ3n) is 3.39. The second kappa shape index (κ2) is 5.88. The Labute approximate surface area is 128 Å². The highest BCUT2D eigenvalue weighted by Crippen LogP contribution is 2.34. The van der Waals surface area contributed by atoms with Gasteiger partial charge < -0.3 is 5.32 Å². The van der Waals surface area contributed by atoms with Gasteiger partial charge in [0.25, 0.3) is 5.69 Å². The van der Waals surface area contributed by atoms with Crippen molar-refractivity contribution in [3.63, 3.8) is 0 Å². The van der Waals surface area contributed by atoms with Crippen LogP contribution in [-0.2, 0) is 10.0 Å². The first-order chi connectivity index (χ1) is 9.75. The fourth-order valence-corrected chi connectivity index (χ4v) is 4.61. The summed E-state index contributed by atoms with van der Waals surface area (Å²) in [6.07, 6.45) is 0. The maximum atomic E-state index is 12.7. The first kappa shape index (κ1) is 16.2. The van der Waals surface area contributed by atoms with Gasteiger partial charge in [-0.3, -0.25) is 10.1 Å². The molecule has 9 heteroatoms. The monoisotopic (exact) mass is 333 g/mol. The standard InChI is InChI=1S/C12H16ClN3O4S/c1-8-5-10(16(17)18)12(13)11(6-8)21(19,20)15-4-3-14-7-9(15)2/h5-6,9,14H,3-4,7H2,1-2H3. The van der Waals surface area contributed by atoms with Crippen molar-refractivity contribution < 1.29 is 13.3 Å². The van der Waals surface area contributed by atoms with Crippen LogP contribution in [0.1, 0.15) is 12.5 Å². The molecule has 1 heterocycles. The van der Waals surface area contributed by atoms with Crippen molar-refractivity contribution in [1.82, 2.24) is 9.62 Å². The molecule has 0 aromatic heterocycles. The lowest BCUT2D eigenvalue weighted by Gasteiger charge is -2.33. The number of piperazine rings is 1. The molecule has 7 nitrogen and oxygen atoms in total. The molecule has 0 spiro atoms. The van der Waals surface area contributed by atoms with E-state index in [1.807, 2.05) is 0 Å². The second-order valence-corrected chi connectivity index (χ2v) is 7.26. The largest absolute Gasteiger partial charge is 0.314 e. The van der Waals surface area contributed by atoms with Crippen LogP contribution in [0.3, 0.4) is 0 Å². The smallest absolute Gasteiger partial charge is 0.289 e. The van der Waals surface area contributed by atoms with Crippen LogP contribution in [-0.4, -0.2) is 43.3 Å². The molecule has 1 unspecified atom stereocenters. The lowest BCUT2D eigenvalue weighted by molar-refractivity contribution is -0.385. The molecule has 1 saturated heterocycles. The molecule has 21 heavy (non-hydrogen) atoms. The van der Waals surface area contributed by atoms with Crippen molar-refractivity contribution in [2.75, 3.05) is 19.6 Å². The van der Waals surface area contributed by atoms with Gasteiger partial charge in [-0.2, -0.15) is 4.31 Å². The summed E-state index contributed by atoms with van der Waals surface area (Å²) in [4.78, 5) is 10.1. The Bertz CT molecular complexity index is 677. The van der Waals surface area contributed by atoms with Crippen molar-refractivity contribution in [3.8, 4) is 0 Å². The van der Waals surface area contributed by atoms with E-state index in [1.165, 1.54) is 16.4 Å². The van der Waals surface area contributed by atoms with Crippen molar-refractivity contribution >= 4 is 27.3 Å². The minimum atomic E-state index is -3.86. The van der Waals surface area contributed by atoms with Gasteiger partial charge in [0.15, 0.2) is 0 Å². The quantitative estimate of drug-likeness (QED) is 0.669. The minimum Gasteiger partial charge on any atom is -0.314 e. The van der Waals surface area contributed by atoms with E-state index in [1.54, 1.807) is 13.8 Å². The maximum absolute atomic E-state index is 12.7. The summed E-state index contributed by atoms with van der Waals surface area (Å²) < 4.78 is 26.8. The number of benzene rings is 1. The lowest BCUT2D eigenvalue weighted by Crippen LogP contribution is -2.52. The Morgan fingerprint density at radius 1 is 1.48 bits per heavy atom. The average Bonchev–Trinajstić information content (AvgIpc) is 2.40. The van der Waals surface area contributed by atoms with Crippen LogP contribution in [0, 0.1) is 17.0 Å². The summed E-state index contributed by atoms with van der Waals surface area (Å²) in [6, 6.07) is 2.40. The number of nitrogens with one attached hydrogen (secondary N) is 1. The van der Waals surface area contributed by atoms with Crippen molar-refractivity contribution in [1.29, 1.82) is 0 Å². The van der Waals surface area contributed by atoms with Crippen LogP contribution in [0.15, 0.2) is 17.0 Å². The molecule has 0 saturated carbocycles. The van der Waals surface area contributed by atoms with E-state index in [9.17, 15) is 18.5 Å². The molecule has 1 aromatic rings. The normalized spacial score (nSPS) is 20.4. The molecule has 1 fully saturated rings. The third kappa shape index (κ3) is 3.03. The van der Waals surface area contributed by atoms with Crippen LogP contribution in [0.2, 0.25) is 5.02 Å². The second-order valence-electron chi connectivity index (χ2n) is 5.02. The first-order valence-corrected chi connectivity index (χ1v) is 8.24. The zero-order valence-corrected chi connectivity index (χ0v) is 13.2. The van der Waals surface area contributed by atoms with Crippen molar-refractivity contribution in [3.05, 3.63) is 32.8 Å². The van der Waals surface area contributed by atoms with E-state index in [-0.39, 0.29) is 16.0 Å². The van der Waals surface area contributed by atoms with Gasteiger partial charge in [-0.05, 0) is 25.5 Å². The van der Waals surface area contributed by atoms with Crippen LogP contribution in [0.4, 0.5) is 5.69 Å². The summed E-state index contributed by atoms with van der Waals surface area (Å²) >= 11 is 5.96. The van der Waals surface area contributed by atoms with Gasteiger partial charge in [-0.1, -0.05) is 11.6 Å². The average molecular weight is 334 g/mol. The van der Waals surface area contributed by atoms with Gasteiger partial charge in [-0.15, -0.1) is 0 Å². The van der Waals surface area contributed by atoms with E-state index in [0.717, 1.165) is 0 Å². The highest BCUT2D eigenvalue weighted by atomic mass is 35.5. The zero-order chi connectivity index (χ0) is 15.8. The zero-order valence-electron chi connectivity index (χ0n) is 11.7. The Hall–Kier alpha value is -1.22. The fraction of sp³-hybridized carbons (Fsp3) is 0.500. The van der Waals surface area contributed by atoms with Gasteiger partial charge in [0, 0.05) is 31.7 Å². The maximum Gasteiger partial charge on any atom is 0.289 e. The number of nitro benzene ring substituents is 1. The van der Waals surface area contributed by atoms with E-state index in [4.69, 9.17) is 11.6 Å². The van der Waals surface area contributed by atoms with E-state index < -0.39 is 20.6 Å². The van der Waals surface area contributed by atoms with Gasteiger partial charge in [0.05, 0.1) is 4.92 Å². The first-order valence-electron chi connectivity index (χ1n) is 6.42. The Morgan fingerprint density at radius 2 is 2.14 bits per heavy atom. The molecule has 0 radical (unpaired) electrons. The lowest BCUT2D eigenvalue weighted by atomic mass is 10.2. The Balaban J connectivity index is 2.57. The number of halogens is 1. The number of hydrogen-bond donors (Lipinski definition) is 1. The summed E-state index contributed by atoms with van der Waals surface area (Å²) in [5.74, 6) is 0. The predicted molar refractivity (Wildman–Crippen MR) is 79.1 cm³/mol. The molecule has 116 valence electrons. The predicted octanol–water partition coefficient (Wildman–Crippen LogP) is 1.54. The van der Waals surface area contributed by atoms with Gasteiger partial charge in [-0.25, -0.2) is 8.42 Å². The number of hydrogen-bond acceptors (Lipinski definition) is 5. The third-order valence-corrected chi connectivity index (χ3v) is 5.94. The molecule has 0 bridgehead atoms. The van der Waals surface area contributed by atoms with Crippen LogP contribution in [0.5, 0.6) is 0 Å². The molecule has 2 rings (SSSR count). The number of nitrogens with zero attached hydrogens (tertiary/aromatic N) is 2. The molecule has 1 aromatic carbocycles. The van der Waals surface area contributed by atoms with E-state index >= 15 is 0 Å². The number of aryl methyl sites for hydroxylation is 1. The van der Waals surface area contributed by atoms with E-state index in [2.05, 4.69) is 5.32 Å². The molecule has 1 aliphatic heterocycles. The molecule has 1 N–H and O–H groups in total. The minimum absolute atomic E-state index is 0.204. The number of rotatable bonds is 3. The summed E-state index contributed by atoms with van der Waals surface area (Å²) in [6.45, 7) is 4.76. The molecular formula is C12H16ClN3O4S. The highest BCUT2D eigenvalue weighted by molar-refractivity contribution is 7.89. The molecule has 1 atom stereocenters. The number of sulfonamides is 1. The van der Waals surface area contributed by atoms with Crippen LogP contribution >= 0.6 is 11.6 Å². The van der Waals surface area contributed by atoms with Crippen LogP contribution in [0.25, 0.3) is 0 Å². The SMILES string of the molecule is Cc1cc([N+](=O)[O-])c(Cl)c(S(=O)(=O)N2CCNCC2C)c1. The van der Waals surface area contributed by atoms with Crippen molar-refractivity contribution in [2.24, 2.45) is 0 Å². The summed E-state index contributed by atoms with van der Waals surface area (Å²) in [7, 11) is -3.86. The Morgan fingerprint density at radius 3 is 2.71 bits per heavy atom. The highest BCUT2D eigenvalue weighted by Gasteiger charge is 2.34. The van der Waals surface area contributed by atoms with Gasteiger partial charge >= 0.3 is 0 Å². The molecular weight excluding hydrogens is 318 g/mol. The topological polar surface area (TPSA) is 92.5 Å². The molecule has 1 aliphatic rings. The molecule has 0 amide bonds. The van der Waals surface area contributed by atoms with Crippen molar-refractivity contribution in [2.45, 2.75) is 24.8 Å². The fourth-order valence-electron chi connectivity index (χ4n) is 2.34. The Kier molecular flexibility index (Phi) is 4.52. The van der Waals surface area contributed by atoms with E-state index in [0.29, 0.717) is 25.2 Å². The summed E-state index contributed by atoms with van der Waals surface area (Å²) in [5.41, 5.74) is 0.0884. The number of nitro groups is 1. The van der Waals surface area contributed by atoms with Gasteiger partial charge in [0.2, 0.25) is 10.0 Å².